The molecule has 0 bridgehead atoms. The van der Waals surface area contributed by atoms with Crippen LogP contribution in [0.15, 0.2) is 229 Å². The highest BCUT2D eigenvalue weighted by Crippen LogP contribution is 2.47. The second-order valence-corrected chi connectivity index (χ2v) is 14.9. The van der Waals surface area contributed by atoms with Gasteiger partial charge in [-0.25, -0.2) is 0 Å². The number of hydrogen-bond donors (Lipinski definition) is 0. The highest BCUT2D eigenvalue weighted by Gasteiger charge is 2.22. The van der Waals surface area contributed by atoms with Crippen LogP contribution < -0.4 is 4.90 Å². The van der Waals surface area contributed by atoms with Crippen molar-refractivity contribution < 1.29 is 4.42 Å². The van der Waals surface area contributed by atoms with E-state index in [1.165, 1.54) is 49.4 Å². The van der Waals surface area contributed by atoms with Crippen LogP contribution in [-0.2, 0) is 0 Å². The fourth-order valence-corrected chi connectivity index (χ4v) is 8.71. The molecule has 0 N–H and O–H groups in total. The Morgan fingerprint density at radius 1 is 0.293 bits per heavy atom. The first-order valence-electron chi connectivity index (χ1n) is 19.8. The zero-order chi connectivity index (χ0) is 38.4. The van der Waals surface area contributed by atoms with Crippen molar-refractivity contribution in [3.63, 3.8) is 0 Å². The van der Waals surface area contributed by atoms with E-state index < -0.39 is 0 Å². The standard InChI is InChI=1S/C56H37NO/c1-2-15-40(16-3-1)47-23-12-18-41-19-13-24-51(56(41)47)48-21-7-10-26-53(48)57(45-33-30-39(31-34-45)43-29-28-38-14-4-5-17-42(38)36-43)52-25-9-6-20-46(52)44-32-35-50-49-22-8-11-27-54(49)58-55(50)37-44/h1-37H. The summed E-state index contributed by atoms with van der Waals surface area (Å²) in [6.45, 7) is 0. The summed E-state index contributed by atoms with van der Waals surface area (Å²) in [6, 6.07) is 80.8. The molecule has 2 nitrogen and oxygen atoms in total. The van der Waals surface area contributed by atoms with E-state index in [4.69, 9.17) is 4.42 Å². The highest BCUT2D eigenvalue weighted by molar-refractivity contribution is 6.10. The number of para-hydroxylation sites is 3. The topological polar surface area (TPSA) is 16.4 Å². The van der Waals surface area contributed by atoms with E-state index in [2.05, 4.69) is 217 Å². The Kier molecular flexibility index (Phi) is 8.19. The predicted molar refractivity (Wildman–Crippen MR) is 245 cm³/mol. The van der Waals surface area contributed by atoms with Crippen molar-refractivity contribution in [1.82, 2.24) is 0 Å². The first kappa shape index (κ1) is 33.6. The van der Waals surface area contributed by atoms with Crippen LogP contribution in [0.3, 0.4) is 0 Å². The lowest BCUT2D eigenvalue weighted by molar-refractivity contribution is 0.669. The van der Waals surface area contributed by atoms with Crippen LogP contribution in [0, 0.1) is 0 Å². The summed E-state index contributed by atoms with van der Waals surface area (Å²) < 4.78 is 6.42. The van der Waals surface area contributed by atoms with Gasteiger partial charge in [0.25, 0.3) is 0 Å². The normalized spacial score (nSPS) is 11.4. The van der Waals surface area contributed by atoms with Crippen molar-refractivity contribution in [2.75, 3.05) is 4.90 Å². The van der Waals surface area contributed by atoms with Crippen molar-refractivity contribution in [3.8, 4) is 44.5 Å². The molecule has 0 spiro atoms. The smallest absolute Gasteiger partial charge is 0.136 e. The van der Waals surface area contributed by atoms with E-state index in [0.29, 0.717) is 0 Å². The predicted octanol–water partition coefficient (Wildman–Crippen LogP) is 16.0. The molecule has 1 heterocycles. The molecule has 10 aromatic carbocycles. The number of rotatable bonds is 7. The first-order valence-corrected chi connectivity index (χ1v) is 19.8. The van der Waals surface area contributed by atoms with Crippen molar-refractivity contribution >= 4 is 60.5 Å². The summed E-state index contributed by atoms with van der Waals surface area (Å²) in [6.07, 6.45) is 0. The molecule has 0 aliphatic rings. The molecule has 2 heteroatoms. The average molecular weight is 740 g/mol. The largest absolute Gasteiger partial charge is 0.456 e. The third-order valence-corrected chi connectivity index (χ3v) is 11.5. The lowest BCUT2D eigenvalue weighted by atomic mass is 9.90. The summed E-state index contributed by atoms with van der Waals surface area (Å²) in [5.74, 6) is 0. The molecule has 58 heavy (non-hydrogen) atoms. The molecule has 0 fully saturated rings. The molecule has 0 radical (unpaired) electrons. The Morgan fingerprint density at radius 3 is 1.71 bits per heavy atom. The number of hydrogen-bond acceptors (Lipinski definition) is 2. The van der Waals surface area contributed by atoms with E-state index in [-0.39, 0.29) is 0 Å². The SMILES string of the molecule is c1ccc(-c2cccc3cccc(-c4ccccc4N(c4ccc(-c5ccc6ccccc6c5)cc4)c4ccccc4-c4ccc5c(c4)oc4ccccc45)c23)cc1. The minimum absolute atomic E-state index is 0.879. The number of anilines is 3. The van der Waals surface area contributed by atoms with Crippen LogP contribution in [0.2, 0.25) is 0 Å². The Bertz CT molecular complexity index is 3280. The van der Waals surface area contributed by atoms with E-state index in [1.807, 2.05) is 12.1 Å². The summed E-state index contributed by atoms with van der Waals surface area (Å²) in [7, 11) is 0. The van der Waals surface area contributed by atoms with Gasteiger partial charge in [-0.1, -0.05) is 176 Å². The van der Waals surface area contributed by atoms with Gasteiger partial charge in [0.1, 0.15) is 11.2 Å². The van der Waals surface area contributed by atoms with Crippen LogP contribution in [0.25, 0.3) is 88.0 Å². The van der Waals surface area contributed by atoms with Gasteiger partial charge in [-0.3, -0.25) is 0 Å². The number of fused-ring (bicyclic) bond motifs is 5. The minimum Gasteiger partial charge on any atom is -0.456 e. The molecule has 0 aliphatic carbocycles. The fraction of sp³-hybridized carbons (Fsp3) is 0. The maximum atomic E-state index is 6.42. The number of benzene rings is 10. The summed E-state index contributed by atoms with van der Waals surface area (Å²) in [4.78, 5) is 2.43. The van der Waals surface area contributed by atoms with E-state index >= 15 is 0 Å². The average Bonchev–Trinajstić information content (AvgIpc) is 3.67. The van der Waals surface area contributed by atoms with Gasteiger partial charge in [0.2, 0.25) is 0 Å². The third kappa shape index (κ3) is 5.82. The van der Waals surface area contributed by atoms with Gasteiger partial charge in [0, 0.05) is 27.6 Å². The number of nitrogens with zero attached hydrogens (tertiary/aromatic N) is 1. The van der Waals surface area contributed by atoms with Gasteiger partial charge >= 0.3 is 0 Å². The molecule has 0 amide bonds. The molecule has 272 valence electrons. The van der Waals surface area contributed by atoms with Gasteiger partial charge < -0.3 is 9.32 Å². The molecule has 11 aromatic rings. The summed E-state index contributed by atoms with van der Waals surface area (Å²) in [5, 5.41) is 7.17. The lowest BCUT2D eigenvalue weighted by Gasteiger charge is -2.30. The molecule has 0 saturated heterocycles. The molecular weight excluding hydrogens is 703 g/mol. The molecule has 0 saturated carbocycles. The van der Waals surface area contributed by atoms with Crippen LogP contribution in [0.4, 0.5) is 17.1 Å². The van der Waals surface area contributed by atoms with E-state index in [0.717, 1.165) is 55.7 Å². The van der Waals surface area contributed by atoms with Crippen LogP contribution in [0.5, 0.6) is 0 Å². The second kappa shape index (κ2) is 14.1. The summed E-state index contributed by atoms with van der Waals surface area (Å²) in [5.41, 5.74) is 14.3. The molecule has 0 unspecified atom stereocenters. The van der Waals surface area contributed by atoms with Crippen molar-refractivity contribution in [3.05, 3.63) is 224 Å². The maximum absolute atomic E-state index is 6.42. The molecule has 0 aliphatic heterocycles. The Balaban J connectivity index is 1.12. The van der Waals surface area contributed by atoms with Gasteiger partial charge in [-0.05, 0) is 103 Å². The zero-order valence-electron chi connectivity index (χ0n) is 31.7. The zero-order valence-corrected chi connectivity index (χ0v) is 31.7. The van der Waals surface area contributed by atoms with Crippen molar-refractivity contribution in [1.29, 1.82) is 0 Å². The van der Waals surface area contributed by atoms with E-state index in [1.54, 1.807) is 0 Å². The highest BCUT2D eigenvalue weighted by atomic mass is 16.3. The summed E-state index contributed by atoms with van der Waals surface area (Å²) >= 11 is 0. The van der Waals surface area contributed by atoms with Gasteiger partial charge in [-0.2, -0.15) is 0 Å². The molecule has 0 atom stereocenters. The quantitative estimate of drug-likeness (QED) is 0.162. The minimum atomic E-state index is 0.879. The van der Waals surface area contributed by atoms with Crippen molar-refractivity contribution in [2.45, 2.75) is 0 Å². The van der Waals surface area contributed by atoms with Gasteiger partial charge in [-0.15, -0.1) is 0 Å². The lowest BCUT2D eigenvalue weighted by Crippen LogP contribution is -2.12. The van der Waals surface area contributed by atoms with Crippen LogP contribution in [-0.4, -0.2) is 0 Å². The monoisotopic (exact) mass is 739 g/mol. The Morgan fingerprint density at radius 2 is 0.879 bits per heavy atom. The third-order valence-electron chi connectivity index (χ3n) is 11.5. The Hall–Kier alpha value is -7.68. The molecular formula is C56H37NO. The van der Waals surface area contributed by atoms with Gasteiger partial charge in [0.15, 0.2) is 0 Å². The van der Waals surface area contributed by atoms with Crippen LogP contribution in [0.1, 0.15) is 0 Å². The Labute approximate surface area is 337 Å². The first-order chi connectivity index (χ1) is 28.8. The second-order valence-electron chi connectivity index (χ2n) is 14.9. The fourth-order valence-electron chi connectivity index (χ4n) is 8.71. The number of furan rings is 1. The molecule has 1 aromatic heterocycles. The van der Waals surface area contributed by atoms with Crippen molar-refractivity contribution in [2.24, 2.45) is 0 Å². The van der Waals surface area contributed by atoms with E-state index in [9.17, 15) is 0 Å². The maximum Gasteiger partial charge on any atom is 0.136 e. The van der Waals surface area contributed by atoms with Crippen LogP contribution >= 0.6 is 0 Å². The van der Waals surface area contributed by atoms with Gasteiger partial charge in [0.05, 0.1) is 11.4 Å². The molecule has 11 rings (SSSR count).